The fourth-order valence-corrected chi connectivity index (χ4v) is 2.84. The summed E-state index contributed by atoms with van der Waals surface area (Å²) in [6.07, 6.45) is 1.80. The maximum absolute atomic E-state index is 11.8. The minimum absolute atomic E-state index is 0.375. The number of alkyl halides is 1. The van der Waals surface area contributed by atoms with Crippen LogP contribution in [0.2, 0.25) is 0 Å². The van der Waals surface area contributed by atoms with Crippen LogP contribution in [-0.4, -0.2) is 50.4 Å². The second-order valence-electron chi connectivity index (χ2n) is 3.71. The lowest BCUT2D eigenvalue weighted by atomic mass is 10.2. The van der Waals surface area contributed by atoms with Crippen LogP contribution in [0.5, 0.6) is 0 Å². The predicted molar refractivity (Wildman–Crippen MR) is 66.9 cm³/mol. The molecule has 0 aromatic carbocycles. The highest BCUT2D eigenvalue weighted by Crippen LogP contribution is 2.09. The maximum atomic E-state index is 11.8. The molecule has 5 nitrogen and oxygen atoms in total. The molecule has 1 rings (SSSR count). The molecule has 0 aromatic rings. The quantitative estimate of drug-likeness (QED) is 0.735. The van der Waals surface area contributed by atoms with Crippen molar-refractivity contribution < 1.29 is 13.2 Å². The molecular weight excluding hydrogens is 296 g/mol. The summed E-state index contributed by atoms with van der Waals surface area (Å²) in [5.41, 5.74) is 0. The number of nitrogens with one attached hydrogen (secondary N) is 1. The lowest BCUT2D eigenvalue weighted by molar-refractivity contribution is 0.0725. The van der Waals surface area contributed by atoms with Gasteiger partial charge < -0.3 is 4.74 Å². The van der Waals surface area contributed by atoms with Crippen LogP contribution in [-0.2, 0) is 14.9 Å². The number of hydrogen-bond acceptors (Lipinski definition) is 3. The summed E-state index contributed by atoms with van der Waals surface area (Å²) >= 11 is 3.47. The second kappa shape index (κ2) is 6.90. The Bertz CT molecular complexity index is 291. The van der Waals surface area contributed by atoms with Crippen molar-refractivity contribution in [3.8, 4) is 0 Å². The Kier molecular flexibility index (Phi) is 6.20. The van der Waals surface area contributed by atoms with Crippen molar-refractivity contribution in [1.82, 2.24) is 9.03 Å². The van der Waals surface area contributed by atoms with Gasteiger partial charge in [-0.25, -0.2) is 4.72 Å². The Morgan fingerprint density at radius 2 is 2.06 bits per heavy atom. The van der Waals surface area contributed by atoms with Gasteiger partial charge in [-0.1, -0.05) is 22.9 Å². The Morgan fingerprint density at radius 3 is 2.62 bits per heavy atom. The van der Waals surface area contributed by atoms with Crippen LogP contribution in [0.1, 0.15) is 19.8 Å². The molecular formula is C9H19BrN2O3S. The molecule has 7 heteroatoms. The first kappa shape index (κ1) is 14.4. The smallest absolute Gasteiger partial charge is 0.279 e. The molecule has 0 radical (unpaired) electrons. The zero-order valence-corrected chi connectivity index (χ0v) is 11.9. The van der Waals surface area contributed by atoms with Gasteiger partial charge in [0.2, 0.25) is 0 Å². The van der Waals surface area contributed by atoms with E-state index >= 15 is 0 Å². The molecule has 0 aliphatic carbocycles. The van der Waals surface area contributed by atoms with Crippen LogP contribution < -0.4 is 4.72 Å². The number of halogens is 1. The molecule has 0 aromatic heterocycles. The van der Waals surface area contributed by atoms with Gasteiger partial charge in [0.05, 0.1) is 13.2 Å². The van der Waals surface area contributed by atoms with E-state index in [9.17, 15) is 8.42 Å². The molecule has 0 saturated carbocycles. The fraction of sp³-hybridized carbons (Fsp3) is 1.00. The average molecular weight is 315 g/mol. The molecule has 1 N–H and O–H groups in total. The van der Waals surface area contributed by atoms with Gasteiger partial charge in [0.1, 0.15) is 0 Å². The largest absolute Gasteiger partial charge is 0.379 e. The molecule has 1 saturated heterocycles. The van der Waals surface area contributed by atoms with Crippen molar-refractivity contribution >= 4 is 26.1 Å². The van der Waals surface area contributed by atoms with Gasteiger partial charge in [-0.3, -0.25) is 0 Å². The van der Waals surface area contributed by atoms with Crippen molar-refractivity contribution in [2.75, 3.05) is 32.8 Å². The molecule has 1 fully saturated rings. The fourth-order valence-electron chi connectivity index (χ4n) is 1.43. The van der Waals surface area contributed by atoms with Crippen molar-refractivity contribution in [1.29, 1.82) is 0 Å². The van der Waals surface area contributed by atoms with Gasteiger partial charge in [0, 0.05) is 24.5 Å². The van der Waals surface area contributed by atoms with Crippen molar-refractivity contribution in [2.24, 2.45) is 0 Å². The first-order chi connectivity index (χ1) is 7.56. The summed E-state index contributed by atoms with van der Waals surface area (Å²) in [6.45, 7) is 4.40. The minimum atomic E-state index is -3.30. The average Bonchev–Trinajstić information content (AvgIpc) is 2.30. The lowest BCUT2D eigenvalue weighted by Crippen LogP contribution is -2.47. The summed E-state index contributed by atoms with van der Waals surface area (Å²) in [5.74, 6) is 0. The van der Waals surface area contributed by atoms with Crippen molar-refractivity contribution in [3.05, 3.63) is 0 Å². The third-order valence-corrected chi connectivity index (χ3v) is 5.21. The van der Waals surface area contributed by atoms with Crippen LogP contribution in [0.3, 0.4) is 0 Å². The van der Waals surface area contributed by atoms with E-state index in [-0.39, 0.29) is 0 Å². The van der Waals surface area contributed by atoms with Gasteiger partial charge in [0.15, 0.2) is 0 Å². The molecule has 1 heterocycles. The van der Waals surface area contributed by atoms with E-state index in [1.807, 2.05) is 0 Å². The number of nitrogens with zero attached hydrogens (tertiary/aromatic N) is 1. The third-order valence-electron chi connectivity index (χ3n) is 2.49. The van der Waals surface area contributed by atoms with Crippen molar-refractivity contribution in [3.63, 3.8) is 0 Å². The van der Waals surface area contributed by atoms with Crippen LogP contribution in [0.25, 0.3) is 0 Å². The van der Waals surface area contributed by atoms with Gasteiger partial charge in [-0.05, 0) is 12.8 Å². The Labute approximate surface area is 106 Å². The zero-order valence-electron chi connectivity index (χ0n) is 9.49. The first-order valence-electron chi connectivity index (χ1n) is 5.53. The van der Waals surface area contributed by atoms with Crippen LogP contribution in [0, 0.1) is 0 Å². The Hall–Kier alpha value is 0.310. The molecule has 1 atom stereocenters. The van der Waals surface area contributed by atoms with Gasteiger partial charge in [-0.2, -0.15) is 12.7 Å². The summed E-state index contributed by atoms with van der Waals surface area (Å²) < 4.78 is 32.8. The molecule has 1 aliphatic rings. The normalized spacial score (nSPS) is 20.9. The van der Waals surface area contributed by atoms with E-state index in [2.05, 4.69) is 27.6 Å². The number of morpholine rings is 1. The Morgan fingerprint density at radius 1 is 1.44 bits per heavy atom. The number of rotatable bonds is 6. The first-order valence-corrected chi connectivity index (χ1v) is 7.88. The SMILES string of the molecule is CCC(Br)CCNS(=O)(=O)N1CCOCC1. The summed E-state index contributed by atoms with van der Waals surface area (Å²) in [5, 5.41) is 0. The molecule has 1 aliphatic heterocycles. The standard InChI is InChI=1S/C9H19BrN2O3S/c1-2-9(10)3-4-11-16(13,14)12-5-7-15-8-6-12/h9,11H,2-8H2,1H3. The van der Waals surface area contributed by atoms with Crippen molar-refractivity contribution in [2.45, 2.75) is 24.6 Å². The van der Waals surface area contributed by atoms with Crippen LogP contribution in [0.4, 0.5) is 0 Å². The van der Waals surface area contributed by atoms with Gasteiger partial charge in [-0.15, -0.1) is 0 Å². The lowest BCUT2D eigenvalue weighted by Gasteiger charge is -2.26. The topological polar surface area (TPSA) is 58.6 Å². The van der Waals surface area contributed by atoms with E-state index in [0.29, 0.717) is 37.7 Å². The molecule has 0 amide bonds. The van der Waals surface area contributed by atoms with Crippen LogP contribution in [0.15, 0.2) is 0 Å². The Balaban J connectivity index is 2.33. The predicted octanol–water partition coefficient (Wildman–Crippen LogP) is 0.717. The van der Waals surface area contributed by atoms with E-state index < -0.39 is 10.2 Å². The molecule has 0 bridgehead atoms. The monoisotopic (exact) mass is 314 g/mol. The highest BCUT2D eigenvalue weighted by molar-refractivity contribution is 9.09. The molecule has 0 spiro atoms. The summed E-state index contributed by atoms with van der Waals surface area (Å²) in [4.78, 5) is 0.375. The van der Waals surface area contributed by atoms with E-state index in [4.69, 9.17) is 4.74 Å². The second-order valence-corrected chi connectivity index (χ2v) is 6.76. The molecule has 16 heavy (non-hydrogen) atoms. The van der Waals surface area contributed by atoms with Gasteiger partial charge >= 0.3 is 0 Å². The third kappa shape index (κ3) is 4.67. The maximum Gasteiger partial charge on any atom is 0.279 e. The van der Waals surface area contributed by atoms with E-state index in [1.165, 1.54) is 4.31 Å². The number of hydrogen-bond donors (Lipinski definition) is 1. The molecule has 96 valence electrons. The summed E-state index contributed by atoms with van der Waals surface area (Å²) in [7, 11) is -3.30. The van der Waals surface area contributed by atoms with E-state index in [0.717, 1.165) is 12.8 Å². The van der Waals surface area contributed by atoms with Crippen LogP contribution >= 0.6 is 15.9 Å². The highest BCUT2D eigenvalue weighted by Gasteiger charge is 2.23. The van der Waals surface area contributed by atoms with E-state index in [1.54, 1.807) is 0 Å². The van der Waals surface area contributed by atoms with Gasteiger partial charge in [0.25, 0.3) is 10.2 Å². The summed E-state index contributed by atoms with van der Waals surface area (Å²) in [6, 6.07) is 0. The minimum Gasteiger partial charge on any atom is -0.379 e. The zero-order chi connectivity index (χ0) is 12.0. The highest BCUT2D eigenvalue weighted by atomic mass is 79.9. The molecule has 1 unspecified atom stereocenters. The number of ether oxygens (including phenoxy) is 1.